The van der Waals surface area contributed by atoms with E-state index >= 15 is 0 Å². The first kappa shape index (κ1) is 12.0. The smallest absolute Gasteiger partial charge is 0.123 e. The third-order valence-electron chi connectivity index (χ3n) is 4.49. The van der Waals surface area contributed by atoms with Crippen LogP contribution in [0.1, 0.15) is 25.3 Å². The molecule has 1 fully saturated rings. The number of hydrogen-bond donors (Lipinski definition) is 1. The molecule has 1 saturated heterocycles. The second-order valence-electron chi connectivity index (χ2n) is 5.54. The fourth-order valence-electron chi connectivity index (χ4n) is 3.18. The van der Waals surface area contributed by atoms with Gasteiger partial charge in [-0.3, -0.25) is 0 Å². The van der Waals surface area contributed by atoms with E-state index in [1.165, 1.54) is 5.56 Å². The van der Waals surface area contributed by atoms with Gasteiger partial charge in [0.1, 0.15) is 11.9 Å². The summed E-state index contributed by atoms with van der Waals surface area (Å²) in [4.78, 5) is 0. The maximum Gasteiger partial charge on any atom is 0.123 e. The monoisotopic (exact) mass is 248 g/mol. The fraction of sp³-hybridized carbons (Fsp3) is 0.600. The van der Waals surface area contributed by atoms with Gasteiger partial charge in [-0.2, -0.15) is 0 Å². The van der Waals surface area contributed by atoms with E-state index < -0.39 is 0 Å². The van der Waals surface area contributed by atoms with Crippen LogP contribution in [0, 0.1) is 5.41 Å². The molecule has 0 radical (unpaired) electrons. The fourth-order valence-corrected chi connectivity index (χ4v) is 3.18. The lowest BCUT2D eigenvalue weighted by Gasteiger charge is -2.32. The van der Waals surface area contributed by atoms with E-state index in [4.69, 9.17) is 9.47 Å². The second kappa shape index (κ2) is 4.56. The van der Waals surface area contributed by atoms with Crippen molar-refractivity contribution in [1.29, 1.82) is 0 Å². The molecule has 3 nitrogen and oxygen atoms in total. The first-order chi connectivity index (χ1) is 8.73. The first-order valence-corrected chi connectivity index (χ1v) is 6.70. The molecule has 2 aliphatic heterocycles. The van der Waals surface area contributed by atoms with E-state index in [0.717, 1.165) is 31.6 Å². The molecule has 0 bridgehead atoms. The van der Waals surface area contributed by atoms with E-state index in [2.05, 4.69) is 13.0 Å². The minimum atomic E-state index is -0.118. The molecule has 3 rings (SSSR count). The topological polar surface area (TPSA) is 38.7 Å². The van der Waals surface area contributed by atoms with Gasteiger partial charge in [-0.05, 0) is 31.4 Å². The van der Waals surface area contributed by atoms with Gasteiger partial charge < -0.3 is 14.6 Å². The zero-order valence-corrected chi connectivity index (χ0v) is 10.8. The minimum Gasteiger partial charge on any atom is -0.490 e. The highest BCUT2D eigenvalue weighted by Gasteiger charge is 2.44. The Morgan fingerprint density at radius 2 is 2.22 bits per heavy atom. The van der Waals surface area contributed by atoms with Gasteiger partial charge in [0, 0.05) is 18.4 Å². The third-order valence-corrected chi connectivity index (χ3v) is 4.49. The van der Waals surface area contributed by atoms with Crippen LogP contribution in [0.2, 0.25) is 0 Å². The summed E-state index contributed by atoms with van der Waals surface area (Å²) in [6, 6.07) is 8.20. The lowest BCUT2D eigenvalue weighted by atomic mass is 9.77. The summed E-state index contributed by atoms with van der Waals surface area (Å²) in [5.74, 6) is 1.00. The van der Waals surface area contributed by atoms with E-state index in [1.807, 2.05) is 18.2 Å². The van der Waals surface area contributed by atoms with E-state index in [0.29, 0.717) is 0 Å². The molecular weight excluding hydrogens is 228 g/mol. The predicted octanol–water partition coefficient (Wildman–Crippen LogP) is 2.17. The number of hydrogen-bond acceptors (Lipinski definition) is 3. The first-order valence-electron chi connectivity index (χ1n) is 6.70. The van der Waals surface area contributed by atoms with E-state index in [1.54, 1.807) is 0 Å². The van der Waals surface area contributed by atoms with Crippen LogP contribution in [0.3, 0.4) is 0 Å². The molecule has 3 atom stereocenters. The molecule has 0 aliphatic carbocycles. The van der Waals surface area contributed by atoms with Crippen LogP contribution in [0.15, 0.2) is 24.3 Å². The van der Waals surface area contributed by atoms with Crippen LogP contribution in [0.5, 0.6) is 5.75 Å². The molecule has 1 N–H and O–H groups in total. The Bertz CT molecular complexity index is 407. The van der Waals surface area contributed by atoms with Gasteiger partial charge in [0.2, 0.25) is 0 Å². The number of rotatable bonds is 3. The Labute approximate surface area is 108 Å². The molecule has 0 spiro atoms. The van der Waals surface area contributed by atoms with Crippen LogP contribution in [0.4, 0.5) is 0 Å². The molecule has 3 unspecified atom stereocenters. The van der Waals surface area contributed by atoms with Crippen LogP contribution in [0.25, 0.3) is 0 Å². The van der Waals surface area contributed by atoms with Crippen molar-refractivity contribution in [3.05, 3.63) is 29.8 Å². The van der Waals surface area contributed by atoms with Crippen LogP contribution in [-0.4, -0.2) is 30.5 Å². The molecule has 1 aromatic rings. The lowest BCUT2D eigenvalue weighted by Crippen LogP contribution is -2.37. The average Bonchev–Trinajstić information content (AvgIpc) is 2.94. The van der Waals surface area contributed by atoms with Crippen molar-refractivity contribution >= 4 is 0 Å². The zero-order chi connectivity index (χ0) is 12.6. The van der Waals surface area contributed by atoms with Crippen molar-refractivity contribution in [2.75, 3.05) is 13.2 Å². The predicted molar refractivity (Wildman–Crippen MR) is 68.7 cm³/mol. The number of fused-ring (bicyclic) bond motifs is 1. The van der Waals surface area contributed by atoms with Gasteiger partial charge in [-0.1, -0.05) is 18.2 Å². The summed E-state index contributed by atoms with van der Waals surface area (Å²) < 4.78 is 11.6. The van der Waals surface area contributed by atoms with Crippen molar-refractivity contribution < 1.29 is 14.6 Å². The molecule has 98 valence electrons. The maximum atomic E-state index is 9.73. The Balaban J connectivity index is 1.72. The van der Waals surface area contributed by atoms with Crippen molar-refractivity contribution in [1.82, 2.24) is 0 Å². The average molecular weight is 248 g/mol. The normalized spacial score (nSPS) is 34.3. The van der Waals surface area contributed by atoms with Gasteiger partial charge in [-0.15, -0.1) is 0 Å². The molecule has 0 amide bonds. The molecule has 0 aromatic heterocycles. The Kier molecular flexibility index (Phi) is 3.04. The molecule has 2 aliphatic rings. The summed E-state index contributed by atoms with van der Waals surface area (Å²) in [7, 11) is 0. The third kappa shape index (κ3) is 1.91. The molecule has 0 saturated carbocycles. The summed E-state index contributed by atoms with van der Waals surface area (Å²) in [5, 5.41) is 9.73. The molecule has 18 heavy (non-hydrogen) atoms. The highest BCUT2D eigenvalue weighted by molar-refractivity contribution is 5.37. The van der Waals surface area contributed by atoms with Gasteiger partial charge in [0.05, 0.1) is 12.7 Å². The number of aliphatic hydroxyl groups excluding tert-OH is 1. The van der Waals surface area contributed by atoms with Crippen LogP contribution >= 0.6 is 0 Å². The summed E-state index contributed by atoms with van der Waals surface area (Å²) >= 11 is 0. The minimum absolute atomic E-state index is 0.118. The Hall–Kier alpha value is -1.06. The summed E-state index contributed by atoms with van der Waals surface area (Å²) in [6.07, 6.45) is 3.05. The van der Waals surface area contributed by atoms with Gasteiger partial charge >= 0.3 is 0 Å². The van der Waals surface area contributed by atoms with Gasteiger partial charge in [-0.25, -0.2) is 0 Å². The van der Waals surface area contributed by atoms with Crippen LogP contribution in [-0.2, 0) is 11.2 Å². The summed E-state index contributed by atoms with van der Waals surface area (Å²) in [6.45, 7) is 3.00. The Morgan fingerprint density at radius 3 is 2.89 bits per heavy atom. The highest BCUT2D eigenvalue weighted by atomic mass is 16.5. The number of benzene rings is 1. The van der Waals surface area contributed by atoms with Gasteiger partial charge in [0.15, 0.2) is 0 Å². The molecular formula is C15H20O3. The number of ether oxygens (including phenoxy) is 2. The summed E-state index contributed by atoms with van der Waals surface area (Å²) in [5.41, 5.74) is 1.16. The number of para-hydroxylation sites is 1. The maximum absolute atomic E-state index is 9.73. The molecule has 2 heterocycles. The quantitative estimate of drug-likeness (QED) is 0.891. The lowest BCUT2D eigenvalue weighted by molar-refractivity contribution is 0.00137. The van der Waals surface area contributed by atoms with Crippen molar-refractivity contribution in [2.45, 2.75) is 38.4 Å². The molecule has 3 heteroatoms. The highest BCUT2D eigenvalue weighted by Crippen LogP contribution is 2.42. The molecule has 1 aromatic carbocycles. The van der Waals surface area contributed by atoms with Crippen LogP contribution < -0.4 is 4.74 Å². The van der Waals surface area contributed by atoms with E-state index in [9.17, 15) is 5.11 Å². The largest absolute Gasteiger partial charge is 0.490 e. The zero-order valence-electron chi connectivity index (χ0n) is 10.8. The standard InChI is InChI=1S/C15H20O3/c1-11-15(10-16,6-7-17-11)9-13-8-12-4-2-3-5-14(12)18-13/h2-5,11,13,16H,6-10H2,1H3. The van der Waals surface area contributed by atoms with Crippen molar-refractivity contribution in [3.63, 3.8) is 0 Å². The van der Waals surface area contributed by atoms with Crippen molar-refractivity contribution in [2.24, 2.45) is 5.41 Å². The SMILES string of the molecule is CC1OCCC1(CO)CC1Cc2ccccc2O1. The number of aliphatic hydroxyl groups is 1. The van der Waals surface area contributed by atoms with Gasteiger partial charge in [0.25, 0.3) is 0 Å². The van der Waals surface area contributed by atoms with Crippen molar-refractivity contribution in [3.8, 4) is 5.75 Å². The van der Waals surface area contributed by atoms with E-state index in [-0.39, 0.29) is 24.2 Å². The second-order valence-corrected chi connectivity index (χ2v) is 5.54. The Morgan fingerprint density at radius 1 is 1.39 bits per heavy atom.